The molecule has 0 amide bonds. The third-order valence-electron chi connectivity index (χ3n) is 12.7. The minimum atomic E-state index is -0.112. The molecule has 3 heteroatoms. The number of hydrogen-bond acceptors (Lipinski definition) is 3. The van der Waals surface area contributed by atoms with Gasteiger partial charge in [-0.15, -0.1) is 0 Å². The summed E-state index contributed by atoms with van der Waals surface area (Å²) in [6.07, 6.45) is 0. The van der Waals surface area contributed by atoms with Crippen LogP contribution < -0.4 is 4.90 Å². The van der Waals surface area contributed by atoms with Crippen molar-refractivity contribution in [3.8, 4) is 44.5 Å². The number of nitrogens with zero attached hydrogens (tertiary/aromatic N) is 1. The lowest BCUT2D eigenvalue weighted by atomic mass is 9.82. The number of benzene rings is 9. The molecule has 3 nitrogen and oxygen atoms in total. The summed E-state index contributed by atoms with van der Waals surface area (Å²) in [5, 5.41) is 4.56. The molecule has 9 aromatic carbocycles. The Morgan fingerprint density at radius 3 is 1.57 bits per heavy atom. The van der Waals surface area contributed by atoms with Crippen LogP contribution in [0.3, 0.4) is 0 Å². The predicted octanol–water partition coefficient (Wildman–Crippen LogP) is 16.3. The molecule has 0 fully saturated rings. The van der Waals surface area contributed by atoms with Gasteiger partial charge in [-0.25, -0.2) is 0 Å². The molecule has 284 valence electrons. The second-order valence-corrected chi connectivity index (χ2v) is 16.5. The van der Waals surface area contributed by atoms with Gasteiger partial charge in [-0.05, 0) is 111 Å². The fourth-order valence-electron chi connectivity index (χ4n) is 9.61. The van der Waals surface area contributed by atoms with Crippen molar-refractivity contribution >= 4 is 60.9 Å². The van der Waals surface area contributed by atoms with Crippen molar-refractivity contribution in [1.82, 2.24) is 0 Å². The van der Waals surface area contributed by atoms with Crippen LogP contribution >= 0.6 is 0 Å². The summed E-state index contributed by atoms with van der Waals surface area (Å²) < 4.78 is 12.5. The van der Waals surface area contributed by atoms with Crippen LogP contribution in [0.2, 0.25) is 0 Å². The first-order valence-corrected chi connectivity index (χ1v) is 20.7. The van der Waals surface area contributed by atoms with Crippen molar-refractivity contribution in [3.05, 3.63) is 211 Å². The Balaban J connectivity index is 0.910. The van der Waals surface area contributed by atoms with E-state index in [9.17, 15) is 0 Å². The SMILES string of the molecule is CC1(C)c2ccccc2-c2ccc(N(c3ccc(-c4ccc(-c5cccc6c5oc5ccccc56)cc4)cc3)c3ccc(-c4ccc5oc6ccccc6c5c4)cc3)cc21. The molecule has 0 bridgehead atoms. The number of furan rings is 2. The molecular formula is C57H39NO2. The van der Waals surface area contributed by atoms with Gasteiger partial charge in [-0.1, -0.05) is 153 Å². The number of fused-ring (bicyclic) bond motifs is 9. The van der Waals surface area contributed by atoms with Crippen molar-refractivity contribution in [2.24, 2.45) is 0 Å². The predicted molar refractivity (Wildman–Crippen MR) is 250 cm³/mol. The summed E-state index contributed by atoms with van der Waals surface area (Å²) >= 11 is 0. The van der Waals surface area contributed by atoms with Gasteiger partial charge in [-0.3, -0.25) is 0 Å². The van der Waals surface area contributed by atoms with E-state index in [0.29, 0.717) is 0 Å². The maximum absolute atomic E-state index is 6.36. The molecule has 0 spiro atoms. The molecule has 1 aliphatic rings. The second-order valence-electron chi connectivity index (χ2n) is 16.5. The van der Waals surface area contributed by atoms with E-state index in [-0.39, 0.29) is 5.41 Å². The van der Waals surface area contributed by atoms with Crippen LogP contribution in [0.1, 0.15) is 25.0 Å². The summed E-state index contributed by atoms with van der Waals surface area (Å²) in [6.45, 7) is 4.69. The summed E-state index contributed by atoms with van der Waals surface area (Å²) in [4.78, 5) is 2.39. The monoisotopic (exact) mass is 769 g/mol. The zero-order chi connectivity index (χ0) is 40.0. The first-order valence-electron chi connectivity index (χ1n) is 20.7. The second kappa shape index (κ2) is 13.2. The molecule has 0 saturated heterocycles. The minimum Gasteiger partial charge on any atom is -0.456 e. The maximum Gasteiger partial charge on any atom is 0.143 e. The highest BCUT2D eigenvalue weighted by molar-refractivity contribution is 6.10. The average Bonchev–Trinajstić information content (AvgIpc) is 3.94. The topological polar surface area (TPSA) is 29.5 Å². The van der Waals surface area contributed by atoms with E-state index in [0.717, 1.165) is 94.3 Å². The Morgan fingerprint density at radius 2 is 0.833 bits per heavy atom. The highest BCUT2D eigenvalue weighted by Gasteiger charge is 2.35. The standard InChI is InChI=1S/C57H39NO2/c1-57(2)51-15-6-3-10-45(51)46-32-31-43(35-52(46)57)58(42-29-24-38(25-30-42)40-26-33-55-50(34-40)48-12-5-7-16-53(48)59-55)41-27-22-37(23-28-41)36-18-20-39(21-19-36)44-13-9-14-49-47-11-4-8-17-54(47)60-56(44)49/h3-35H,1-2H3. The highest BCUT2D eigenvalue weighted by atomic mass is 16.3. The average molecular weight is 770 g/mol. The van der Waals surface area contributed by atoms with Crippen LogP contribution in [-0.4, -0.2) is 0 Å². The molecule has 0 saturated carbocycles. The van der Waals surface area contributed by atoms with Gasteiger partial charge in [0.1, 0.15) is 22.3 Å². The van der Waals surface area contributed by atoms with E-state index in [4.69, 9.17) is 8.83 Å². The maximum atomic E-state index is 6.36. The first-order chi connectivity index (χ1) is 29.5. The third-order valence-corrected chi connectivity index (χ3v) is 12.7. The third kappa shape index (κ3) is 5.36. The van der Waals surface area contributed by atoms with Crippen LogP contribution in [0.5, 0.6) is 0 Å². The smallest absolute Gasteiger partial charge is 0.143 e. The van der Waals surface area contributed by atoms with E-state index < -0.39 is 0 Å². The fraction of sp³-hybridized carbons (Fsp3) is 0.0526. The Kier molecular flexibility index (Phi) is 7.58. The van der Waals surface area contributed by atoms with Crippen molar-refractivity contribution in [1.29, 1.82) is 0 Å². The first kappa shape index (κ1) is 34.4. The van der Waals surface area contributed by atoms with Gasteiger partial charge in [0.05, 0.1) is 0 Å². The molecule has 0 radical (unpaired) electrons. The Hall–Kier alpha value is -7.62. The zero-order valence-corrected chi connectivity index (χ0v) is 33.3. The van der Waals surface area contributed by atoms with E-state index >= 15 is 0 Å². The van der Waals surface area contributed by atoms with Crippen molar-refractivity contribution in [3.63, 3.8) is 0 Å². The number of rotatable bonds is 6. The van der Waals surface area contributed by atoms with Crippen LogP contribution in [0.25, 0.3) is 88.4 Å². The van der Waals surface area contributed by atoms with Crippen molar-refractivity contribution < 1.29 is 8.83 Å². The summed E-state index contributed by atoms with van der Waals surface area (Å²) in [7, 11) is 0. The molecule has 0 N–H and O–H groups in total. The lowest BCUT2D eigenvalue weighted by Gasteiger charge is -2.28. The molecule has 11 aromatic rings. The van der Waals surface area contributed by atoms with Crippen LogP contribution in [0.4, 0.5) is 17.1 Å². The van der Waals surface area contributed by atoms with Gasteiger partial charge >= 0.3 is 0 Å². The molecule has 2 heterocycles. The van der Waals surface area contributed by atoms with E-state index in [1.807, 2.05) is 24.3 Å². The molecule has 12 rings (SSSR count). The summed E-state index contributed by atoms with van der Waals surface area (Å²) in [5.74, 6) is 0. The zero-order valence-electron chi connectivity index (χ0n) is 33.3. The quantitative estimate of drug-likeness (QED) is 0.169. The largest absolute Gasteiger partial charge is 0.456 e. The Morgan fingerprint density at radius 1 is 0.333 bits per heavy atom. The van der Waals surface area contributed by atoms with Gasteiger partial charge in [0.25, 0.3) is 0 Å². The molecule has 1 aliphatic carbocycles. The van der Waals surface area contributed by atoms with Crippen molar-refractivity contribution in [2.75, 3.05) is 4.90 Å². The summed E-state index contributed by atoms with van der Waals surface area (Å²) in [6, 6.07) is 72.0. The fourth-order valence-corrected chi connectivity index (χ4v) is 9.61. The van der Waals surface area contributed by atoms with E-state index in [1.54, 1.807) is 0 Å². The summed E-state index contributed by atoms with van der Waals surface area (Å²) in [5.41, 5.74) is 19.1. The highest BCUT2D eigenvalue weighted by Crippen LogP contribution is 2.51. The van der Waals surface area contributed by atoms with Crippen LogP contribution in [0, 0.1) is 0 Å². The molecule has 60 heavy (non-hydrogen) atoms. The lowest BCUT2D eigenvalue weighted by molar-refractivity contribution is 0.660. The van der Waals surface area contributed by atoms with Crippen LogP contribution in [0.15, 0.2) is 209 Å². The van der Waals surface area contributed by atoms with Crippen LogP contribution in [-0.2, 0) is 5.41 Å². The number of hydrogen-bond donors (Lipinski definition) is 0. The van der Waals surface area contributed by atoms with Crippen molar-refractivity contribution in [2.45, 2.75) is 19.3 Å². The molecule has 0 atom stereocenters. The Bertz CT molecular complexity index is 3440. The van der Waals surface area contributed by atoms with Gasteiger partial charge in [0.2, 0.25) is 0 Å². The van der Waals surface area contributed by atoms with E-state index in [2.05, 4.69) is 195 Å². The number of anilines is 3. The molecule has 0 unspecified atom stereocenters. The van der Waals surface area contributed by atoms with Gasteiger partial charge in [-0.2, -0.15) is 0 Å². The molecule has 0 aliphatic heterocycles. The van der Waals surface area contributed by atoms with Gasteiger partial charge in [0.15, 0.2) is 0 Å². The minimum absolute atomic E-state index is 0.112. The van der Waals surface area contributed by atoms with Gasteiger partial charge < -0.3 is 13.7 Å². The Labute approximate surface area is 348 Å². The lowest BCUT2D eigenvalue weighted by Crippen LogP contribution is -2.16. The van der Waals surface area contributed by atoms with E-state index in [1.165, 1.54) is 22.3 Å². The number of para-hydroxylation sites is 3. The molecular weight excluding hydrogens is 731 g/mol. The van der Waals surface area contributed by atoms with Gasteiger partial charge in [0, 0.05) is 49.6 Å². The normalized spacial score (nSPS) is 13.0. The molecule has 2 aromatic heterocycles.